The minimum Gasteiger partial charge on any atom is -0.360 e. The number of amides is 1. The van der Waals surface area contributed by atoms with E-state index in [0.717, 1.165) is 16.5 Å². The number of benzene rings is 1. The van der Waals surface area contributed by atoms with Crippen LogP contribution in [0.15, 0.2) is 39.3 Å². The Hall–Kier alpha value is -1.66. The number of halogens is 1. The summed E-state index contributed by atoms with van der Waals surface area (Å²) >= 11 is 3.42. The van der Waals surface area contributed by atoms with Gasteiger partial charge < -0.3 is 15.2 Å². The highest BCUT2D eigenvalue weighted by Crippen LogP contribution is 2.19. The minimum absolute atomic E-state index is 0.140. The zero-order valence-electron chi connectivity index (χ0n) is 12.0. The zero-order valence-corrected chi connectivity index (χ0v) is 13.6. The summed E-state index contributed by atoms with van der Waals surface area (Å²) in [6.45, 7) is 4.08. The van der Waals surface area contributed by atoms with E-state index >= 15 is 0 Å². The molecule has 2 N–H and O–H groups in total. The maximum Gasteiger partial charge on any atom is 0.239 e. The summed E-state index contributed by atoms with van der Waals surface area (Å²) in [7, 11) is 0. The highest BCUT2D eigenvalue weighted by atomic mass is 79.9. The van der Waals surface area contributed by atoms with Crippen LogP contribution in [0.25, 0.3) is 0 Å². The van der Waals surface area contributed by atoms with Gasteiger partial charge in [0.2, 0.25) is 5.91 Å². The van der Waals surface area contributed by atoms with Crippen molar-refractivity contribution in [3.63, 3.8) is 0 Å². The Morgan fingerprint density at radius 2 is 2.10 bits per heavy atom. The summed E-state index contributed by atoms with van der Waals surface area (Å²) in [5.41, 5.74) is 1.16. The molecule has 0 unspecified atom stereocenters. The predicted molar refractivity (Wildman–Crippen MR) is 85.0 cm³/mol. The minimum atomic E-state index is -0.140. The largest absolute Gasteiger partial charge is 0.360 e. The molecule has 0 aliphatic heterocycles. The average molecular weight is 352 g/mol. The van der Waals surface area contributed by atoms with Gasteiger partial charge in [-0.2, -0.15) is 0 Å². The van der Waals surface area contributed by atoms with E-state index < -0.39 is 0 Å². The molecule has 0 aliphatic rings. The van der Waals surface area contributed by atoms with Crippen LogP contribution in [0.2, 0.25) is 0 Å². The van der Waals surface area contributed by atoms with Crippen molar-refractivity contribution in [1.82, 2.24) is 10.5 Å². The van der Waals surface area contributed by atoms with Crippen molar-refractivity contribution < 1.29 is 9.32 Å². The van der Waals surface area contributed by atoms with Crippen molar-refractivity contribution in [1.29, 1.82) is 0 Å². The van der Waals surface area contributed by atoms with E-state index in [1.165, 1.54) is 0 Å². The lowest BCUT2D eigenvalue weighted by molar-refractivity contribution is -0.115. The molecule has 21 heavy (non-hydrogen) atoms. The Morgan fingerprint density at radius 3 is 2.67 bits per heavy atom. The van der Waals surface area contributed by atoms with Crippen LogP contribution < -0.4 is 10.6 Å². The SMILES string of the molecule is CC[C@@H](NCC(=O)Nc1cc(C)on1)c1ccc(Br)cc1. The van der Waals surface area contributed by atoms with Crippen molar-refractivity contribution in [2.45, 2.75) is 26.3 Å². The summed E-state index contributed by atoms with van der Waals surface area (Å²) in [6, 6.07) is 9.91. The molecule has 1 heterocycles. The molecule has 1 aromatic carbocycles. The van der Waals surface area contributed by atoms with E-state index in [9.17, 15) is 4.79 Å². The molecule has 112 valence electrons. The maximum atomic E-state index is 11.9. The monoisotopic (exact) mass is 351 g/mol. The normalized spacial score (nSPS) is 12.1. The molecule has 2 rings (SSSR count). The number of carbonyl (C=O) groups is 1. The van der Waals surface area contributed by atoms with Crippen molar-refractivity contribution in [2.24, 2.45) is 0 Å². The van der Waals surface area contributed by atoms with Gasteiger partial charge in [-0.1, -0.05) is 40.1 Å². The second kappa shape index (κ2) is 7.38. The molecular weight excluding hydrogens is 334 g/mol. The van der Waals surface area contributed by atoms with Gasteiger partial charge in [0.25, 0.3) is 0 Å². The summed E-state index contributed by atoms with van der Waals surface area (Å²) in [5.74, 6) is 0.967. The number of hydrogen-bond acceptors (Lipinski definition) is 4. The molecule has 0 fully saturated rings. The average Bonchev–Trinajstić information content (AvgIpc) is 2.86. The second-order valence-electron chi connectivity index (χ2n) is 4.76. The number of rotatable bonds is 6. The molecule has 0 bridgehead atoms. The lowest BCUT2D eigenvalue weighted by Gasteiger charge is -2.17. The van der Waals surface area contributed by atoms with Gasteiger partial charge in [0.1, 0.15) is 5.76 Å². The zero-order chi connectivity index (χ0) is 15.2. The first kappa shape index (κ1) is 15.7. The molecule has 0 aliphatic carbocycles. The molecule has 2 aromatic rings. The van der Waals surface area contributed by atoms with Crippen LogP contribution in [0.4, 0.5) is 5.82 Å². The topological polar surface area (TPSA) is 67.2 Å². The highest BCUT2D eigenvalue weighted by Gasteiger charge is 2.11. The molecule has 0 spiro atoms. The Morgan fingerprint density at radius 1 is 1.38 bits per heavy atom. The fraction of sp³-hybridized carbons (Fsp3) is 0.333. The lowest BCUT2D eigenvalue weighted by atomic mass is 10.0. The van der Waals surface area contributed by atoms with Gasteiger partial charge >= 0.3 is 0 Å². The van der Waals surface area contributed by atoms with E-state index in [4.69, 9.17) is 4.52 Å². The summed E-state index contributed by atoms with van der Waals surface area (Å²) in [6.07, 6.45) is 0.901. The van der Waals surface area contributed by atoms with Crippen molar-refractivity contribution in [2.75, 3.05) is 11.9 Å². The second-order valence-corrected chi connectivity index (χ2v) is 5.68. The Kier molecular flexibility index (Phi) is 5.52. The maximum absolute atomic E-state index is 11.9. The standard InChI is InChI=1S/C15H18BrN3O2/c1-3-13(11-4-6-12(16)7-5-11)17-9-15(20)18-14-8-10(2)21-19-14/h4-8,13,17H,3,9H2,1-2H3,(H,18,19,20)/t13-/m1/s1. The summed E-state index contributed by atoms with van der Waals surface area (Å²) in [5, 5.41) is 9.67. The van der Waals surface area contributed by atoms with Crippen molar-refractivity contribution in [3.05, 3.63) is 46.1 Å². The third kappa shape index (κ3) is 4.68. The molecule has 5 nitrogen and oxygen atoms in total. The van der Waals surface area contributed by atoms with Gasteiger partial charge in [0, 0.05) is 16.6 Å². The molecular formula is C15H18BrN3O2. The number of aromatic nitrogens is 1. The quantitative estimate of drug-likeness (QED) is 0.836. The first-order valence-corrected chi connectivity index (χ1v) is 7.59. The first-order chi connectivity index (χ1) is 10.1. The van der Waals surface area contributed by atoms with Crippen LogP contribution in [0, 0.1) is 6.92 Å². The van der Waals surface area contributed by atoms with Crippen molar-refractivity contribution >= 4 is 27.7 Å². The Bertz CT molecular complexity index is 595. The van der Waals surface area contributed by atoms with Gasteiger partial charge in [-0.05, 0) is 31.0 Å². The van der Waals surface area contributed by atoms with Gasteiger partial charge in [0.15, 0.2) is 5.82 Å². The molecule has 1 aromatic heterocycles. The summed E-state index contributed by atoms with van der Waals surface area (Å²) < 4.78 is 5.94. The molecule has 0 radical (unpaired) electrons. The molecule has 1 amide bonds. The van der Waals surface area contributed by atoms with Crippen molar-refractivity contribution in [3.8, 4) is 0 Å². The Labute approximate surface area is 132 Å². The van der Waals surface area contributed by atoms with Gasteiger partial charge in [0.05, 0.1) is 6.54 Å². The molecule has 0 saturated carbocycles. The summed E-state index contributed by atoms with van der Waals surface area (Å²) in [4.78, 5) is 11.9. The molecule has 1 atom stereocenters. The van der Waals surface area contributed by atoms with E-state index in [1.807, 2.05) is 24.3 Å². The molecule has 0 saturated heterocycles. The lowest BCUT2D eigenvalue weighted by Crippen LogP contribution is -2.31. The number of nitrogens with zero attached hydrogens (tertiary/aromatic N) is 1. The van der Waals surface area contributed by atoms with Crippen LogP contribution in [0.1, 0.15) is 30.7 Å². The fourth-order valence-electron chi connectivity index (χ4n) is 2.02. The van der Waals surface area contributed by atoms with Gasteiger partial charge in [-0.25, -0.2) is 0 Å². The van der Waals surface area contributed by atoms with E-state index in [1.54, 1.807) is 13.0 Å². The third-order valence-electron chi connectivity index (χ3n) is 3.09. The number of carbonyl (C=O) groups excluding carboxylic acids is 1. The third-order valence-corrected chi connectivity index (χ3v) is 3.61. The smallest absolute Gasteiger partial charge is 0.239 e. The fourth-order valence-corrected chi connectivity index (χ4v) is 2.29. The van der Waals surface area contributed by atoms with Crippen LogP contribution in [-0.2, 0) is 4.79 Å². The van der Waals surface area contributed by atoms with Gasteiger partial charge in [-0.3, -0.25) is 4.79 Å². The molecule has 6 heteroatoms. The Balaban J connectivity index is 1.87. The number of anilines is 1. The first-order valence-electron chi connectivity index (χ1n) is 6.80. The van der Waals surface area contributed by atoms with Crippen LogP contribution in [0.5, 0.6) is 0 Å². The predicted octanol–water partition coefficient (Wildman–Crippen LogP) is 3.42. The van der Waals surface area contributed by atoms with Gasteiger partial charge in [-0.15, -0.1) is 0 Å². The number of hydrogen-bond donors (Lipinski definition) is 2. The highest BCUT2D eigenvalue weighted by molar-refractivity contribution is 9.10. The van der Waals surface area contributed by atoms with Crippen LogP contribution in [0.3, 0.4) is 0 Å². The number of aryl methyl sites for hydroxylation is 1. The van der Waals surface area contributed by atoms with Crippen LogP contribution >= 0.6 is 15.9 Å². The van der Waals surface area contributed by atoms with E-state index in [2.05, 4.69) is 38.6 Å². The van der Waals surface area contributed by atoms with E-state index in [-0.39, 0.29) is 18.5 Å². The number of nitrogens with one attached hydrogen (secondary N) is 2. The van der Waals surface area contributed by atoms with Crippen LogP contribution in [-0.4, -0.2) is 17.6 Å². The van der Waals surface area contributed by atoms with E-state index in [0.29, 0.717) is 11.6 Å².